The molecular weight excluding hydrogens is 298 g/mol. The van der Waals surface area contributed by atoms with Crippen LogP contribution in [0.1, 0.15) is 10.5 Å². The molecule has 2 N–H and O–H groups in total. The van der Waals surface area contributed by atoms with Gasteiger partial charge in [-0.05, 0) is 12.1 Å². The van der Waals surface area contributed by atoms with Crippen molar-refractivity contribution in [2.45, 2.75) is 0 Å². The molecule has 0 saturated heterocycles. The lowest BCUT2D eigenvalue weighted by Crippen LogP contribution is -2.05. The Kier molecular flexibility index (Phi) is 3.57. The van der Waals surface area contributed by atoms with E-state index in [9.17, 15) is 4.79 Å². The smallest absolute Gasteiger partial charge is 0.354 e. The van der Waals surface area contributed by atoms with E-state index in [-0.39, 0.29) is 5.69 Å². The maximum absolute atomic E-state index is 11.0. The van der Waals surface area contributed by atoms with Crippen LogP contribution in [0.5, 0.6) is 0 Å². The van der Waals surface area contributed by atoms with E-state index in [0.29, 0.717) is 11.6 Å². The van der Waals surface area contributed by atoms with Crippen molar-refractivity contribution in [1.29, 1.82) is 0 Å². The van der Waals surface area contributed by atoms with Gasteiger partial charge in [-0.25, -0.2) is 14.8 Å². The highest BCUT2D eigenvalue weighted by Gasteiger charge is 2.11. The number of halogens is 1. The maximum atomic E-state index is 11.0. The molecule has 92 valence electrons. The number of carboxylic acid groups (broad SMARTS) is 1. The Balaban J connectivity index is 2.52. The van der Waals surface area contributed by atoms with Gasteiger partial charge in [0.1, 0.15) is 5.82 Å². The molecule has 0 amide bonds. The fourth-order valence-electron chi connectivity index (χ4n) is 1.41. The SMILES string of the molecule is CNc1cc(C(=O)O)nc(-c2ccc(Br)cc2)n1. The van der Waals surface area contributed by atoms with E-state index in [4.69, 9.17) is 5.11 Å². The molecule has 0 fully saturated rings. The molecule has 5 nitrogen and oxygen atoms in total. The van der Waals surface area contributed by atoms with Crippen LogP contribution in [-0.4, -0.2) is 28.1 Å². The first kappa shape index (κ1) is 12.5. The third kappa shape index (κ3) is 2.65. The van der Waals surface area contributed by atoms with Crippen LogP contribution in [-0.2, 0) is 0 Å². The lowest BCUT2D eigenvalue weighted by Gasteiger charge is -2.05. The Hall–Kier alpha value is -1.95. The summed E-state index contributed by atoms with van der Waals surface area (Å²) in [6.07, 6.45) is 0. The molecule has 1 aromatic heterocycles. The van der Waals surface area contributed by atoms with Gasteiger partial charge < -0.3 is 10.4 Å². The largest absolute Gasteiger partial charge is 0.477 e. The molecule has 0 aliphatic rings. The second-order valence-electron chi connectivity index (χ2n) is 3.52. The fraction of sp³-hybridized carbons (Fsp3) is 0.0833. The minimum absolute atomic E-state index is 0.0349. The molecule has 0 atom stereocenters. The van der Waals surface area contributed by atoms with Crippen LogP contribution in [0.15, 0.2) is 34.8 Å². The van der Waals surface area contributed by atoms with E-state index in [1.807, 2.05) is 24.3 Å². The van der Waals surface area contributed by atoms with Crippen LogP contribution in [0, 0.1) is 0 Å². The lowest BCUT2D eigenvalue weighted by molar-refractivity contribution is 0.0690. The highest BCUT2D eigenvalue weighted by Crippen LogP contribution is 2.20. The maximum Gasteiger partial charge on any atom is 0.354 e. The number of carboxylic acids is 1. The Labute approximate surface area is 112 Å². The molecule has 2 aromatic rings. The van der Waals surface area contributed by atoms with Crippen LogP contribution < -0.4 is 5.32 Å². The molecular formula is C12H10BrN3O2. The number of aromatic carboxylic acids is 1. The zero-order valence-electron chi connectivity index (χ0n) is 9.51. The summed E-state index contributed by atoms with van der Waals surface area (Å²) in [5.41, 5.74) is 0.727. The van der Waals surface area contributed by atoms with Crippen molar-refractivity contribution in [3.05, 3.63) is 40.5 Å². The zero-order valence-corrected chi connectivity index (χ0v) is 11.1. The number of aromatic nitrogens is 2. The summed E-state index contributed by atoms with van der Waals surface area (Å²) in [6.45, 7) is 0. The van der Waals surface area contributed by atoms with Gasteiger partial charge in [-0.15, -0.1) is 0 Å². The molecule has 0 aliphatic carbocycles. The van der Waals surface area contributed by atoms with Crippen LogP contribution in [0.3, 0.4) is 0 Å². The van der Waals surface area contributed by atoms with Crippen LogP contribution in [0.25, 0.3) is 11.4 Å². The minimum Gasteiger partial charge on any atom is -0.477 e. The molecule has 0 saturated carbocycles. The summed E-state index contributed by atoms with van der Waals surface area (Å²) in [4.78, 5) is 19.2. The summed E-state index contributed by atoms with van der Waals surface area (Å²) in [7, 11) is 1.68. The summed E-state index contributed by atoms with van der Waals surface area (Å²) in [5, 5.41) is 11.8. The van der Waals surface area contributed by atoms with Crippen molar-refractivity contribution in [3.63, 3.8) is 0 Å². The van der Waals surface area contributed by atoms with Gasteiger partial charge in [0.05, 0.1) is 0 Å². The Bertz CT molecular complexity index is 584. The third-order valence-electron chi connectivity index (χ3n) is 2.30. The van der Waals surface area contributed by atoms with E-state index < -0.39 is 5.97 Å². The van der Waals surface area contributed by atoms with Crippen molar-refractivity contribution in [2.75, 3.05) is 12.4 Å². The van der Waals surface area contributed by atoms with Crippen LogP contribution >= 0.6 is 15.9 Å². The molecule has 2 rings (SSSR count). The van der Waals surface area contributed by atoms with Gasteiger partial charge in [-0.2, -0.15) is 0 Å². The first-order valence-electron chi connectivity index (χ1n) is 5.16. The normalized spacial score (nSPS) is 10.1. The van der Waals surface area contributed by atoms with Gasteiger partial charge in [0.2, 0.25) is 0 Å². The summed E-state index contributed by atoms with van der Waals surface area (Å²) < 4.78 is 0.939. The molecule has 18 heavy (non-hydrogen) atoms. The predicted octanol–water partition coefficient (Wildman–Crippen LogP) is 2.65. The molecule has 6 heteroatoms. The number of nitrogens with zero attached hydrogens (tertiary/aromatic N) is 2. The van der Waals surface area contributed by atoms with Gasteiger partial charge in [0.25, 0.3) is 0 Å². The van der Waals surface area contributed by atoms with Gasteiger partial charge in [-0.1, -0.05) is 28.1 Å². The number of rotatable bonds is 3. The van der Waals surface area contributed by atoms with E-state index in [1.54, 1.807) is 7.05 Å². The number of nitrogens with one attached hydrogen (secondary N) is 1. The van der Waals surface area contributed by atoms with Gasteiger partial charge in [-0.3, -0.25) is 0 Å². The van der Waals surface area contributed by atoms with Crippen LogP contribution in [0.4, 0.5) is 5.82 Å². The molecule has 1 aromatic carbocycles. The first-order chi connectivity index (χ1) is 8.60. The second-order valence-corrected chi connectivity index (χ2v) is 4.44. The lowest BCUT2D eigenvalue weighted by atomic mass is 10.2. The molecule has 0 aliphatic heterocycles. The Morgan fingerprint density at radius 2 is 1.94 bits per heavy atom. The standard InChI is InChI=1S/C12H10BrN3O2/c1-14-10-6-9(12(17)18)15-11(16-10)7-2-4-8(13)5-3-7/h2-6H,1H3,(H,17,18)(H,14,15,16). The summed E-state index contributed by atoms with van der Waals surface area (Å²) >= 11 is 3.34. The third-order valence-corrected chi connectivity index (χ3v) is 2.83. The number of carbonyl (C=O) groups is 1. The monoisotopic (exact) mass is 307 g/mol. The van der Waals surface area contributed by atoms with E-state index in [1.165, 1.54) is 6.07 Å². The van der Waals surface area contributed by atoms with Crippen molar-refractivity contribution >= 4 is 27.7 Å². The Morgan fingerprint density at radius 1 is 1.28 bits per heavy atom. The average molecular weight is 308 g/mol. The molecule has 0 bridgehead atoms. The molecule has 0 radical (unpaired) electrons. The van der Waals surface area contributed by atoms with E-state index >= 15 is 0 Å². The topological polar surface area (TPSA) is 75.1 Å². The highest BCUT2D eigenvalue weighted by atomic mass is 79.9. The van der Waals surface area contributed by atoms with Crippen molar-refractivity contribution in [2.24, 2.45) is 0 Å². The summed E-state index contributed by atoms with van der Waals surface area (Å²) in [6, 6.07) is 8.75. The number of hydrogen-bond acceptors (Lipinski definition) is 4. The highest BCUT2D eigenvalue weighted by molar-refractivity contribution is 9.10. The second kappa shape index (κ2) is 5.14. The fourth-order valence-corrected chi connectivity index (χ4v) is 1.68. The first-order valence-corrected chi connectivity index (χ1v) is 5.95. The van der Waals surface area contributed by atoms with E-state index in [0.717, 1.165) is 10.0 Å². The minimum atomic E-state index is -1.08. The average Bonchev–Trinajstić information content (AvgIpc) is 2.39. The molecule has 0 spiro atoms. The van der Waals surface area contributed by atoms with Crippen LogP contribution in [0.2, 0.25) is 0 Å². The van der Waals surface area contributed by atoms with Gasteiger partial charge in [0, 0.05) is 23.2 Å². The predicted molar refractivity (Wildman–Crippen MR) is 71.7 cm³/mol. The van der Waals surface area contributed by atoms with Crippen molar-refractivity contribution in [1.82, 2.24) is 9.97 Å². The number of benzene rings is 1. The quantitative estimate of drug-likeness (QED) is 0.911. The van der Waals surface area contributed by atoms with Crippen molar-refractivity contribution < 1.29 is 9.90 Å². The molecule has 0 unspecified atom stereocenters. The summed E-state index contributed by atoms with van der Waals surface area (Å²) in [5.74, 6) is -0.223. The van der Waals surface area contributed by atoms with E-state index in [2.05, 4.69) is 31.2 Å². The van der Waals surface area contributed by atoms with Crippen molar-refractivity contribution in [3.8, 4) is 11.4 Å². The molecule has 1 heterocycles. The van der Waals surface area contributed by atoms with Gasteiger partial charge in [0.15, 0.2) is 11.5 Å². The Morgan fingerprint density at radius 3 is 2.50 bits per heavy atom. The zero-order chi connectivity index (χ0) is 13.1. The number of hydrogen-bond donors (Lipinski definition) is 2. The number of anilines is 1. The van der Waals surface area contributed by atoms with Gasteiger partial charge >= 0.3 is 5.97 Å².